The highest BCUT2D eigenvalue weighted by atomic mass is 32.2. The van der Waals surface area contributed by atoms with E-state index in [1.165, 1.54) is 6.07 Å². The first-order valence-electron chi connectivity index (χ1n) is 7.82. The van der Waals surface area contributed by atoms with Crippen LogP contribution in [0.3, 0.4) is 0 Å². The monoisotopic (exact) mass is 413 g/mol. The Hall–Kier alpha value is -2.85. The molecule has 0 heterocycles. The molecule has 28 heavy (non-hydrogen) atoms. The smallest absolute Gasteiger partial charge is 0.339 e. The van der Waals surface area contributed by atoms with Crippen LogP contribution in [0.15, 0.2) is 41.3 Å². The van der Waals surface area contributed by atoms with Gasteiger partial charge in [0.15, 0.2) is 0 Å². The van der Waals surface area contributed by atoms with E-state index in [0.717, 1.165) is 49.8 Å². The Bertz CT molecular complexity index is 1020. The molecule has 0 atom stereocenters. The van der Waals surface area contributed by atoms with Crippen LogP contribution in [0, 0.1) is 11.6 Å². The molecule has 10 heteroatoms. The summed E-state index contributed by atoms with van der Waals surface area (Å²) in [6.07, 6.45) is 0. The van der Waals surface area contributed by atoms with Crippen molar-refractivity contribution in [3.05, 3.63) is 64.7 Å². The fourth-order valence-electron chi connectivity index (χ4n) is 2.40. The van der Waals surface area contributed by atoms with E-state index < -0.39 is 45.0 Å². The van der Waals surface area contributed by atoms with Gasteiger partial charge in [-0.2, -0.15) is 4.31 Å². The Morgan fingerprint density at radius 1 is 1.00 bits per heavy atom. The number of esters is 2. The van der Waals surface area contributed by atoms with Crippen LogP contribution in [0.1, 0.15) is 26.3 Å². The van der Waals surface area contributed by atoms with Crippen LogP contribution >= 0.6 is 0 Å². The number of hydrogen-bond acceptors (Lipinski definition) is 6. The molecule has 0 radical (unpaired) electrons. The number of benzene rings is 2. The maximum absolute atomic E-state index is 13.9. The van der Waals surface area contributed by atoms with Gasteiger partial charge in [-0.05, 0) is 24.3 Å². The summed E-state index contributed by atoms with van der Waals surface area (Å²) in [5.74, 6) is -3.46. The van der Waals surface area contributed by atoms with Crippen molar-refractivity contribution in [1.82, 2.24) is 4.31 Å². The van der Waals surface area contributed by atoms with Crippen LogP contribution in [0.5, 0.6) is 0 Å². The molecule has 0 aliphatic carbocycles. The molecule has 0 aliphatic rings. The Labute approximate surface area is 160 Å². The lowest BCUT2D eigenvalue weighted by atomic mass is 10.1. The number of nitrogens with zero attached hydrogens (tertiary/aromatic N) is 1. The number of methoxy groups -OCH3 is 2. The molecule has 150 valence electrons. The van der Waals surface area contributed by atoms with Crippen molar-refractivity contribution in [3.8, 4) is 0 Å². The second-order valence-corrected chi connectivity index (χ2v) is 7.70. The third-order valence-electron chi connectivity index (χ3n) is 3.90. The number of ether oxygens (including phenoxy) is 2. The summed E-state index contributed by atoms with van der Waals surface area (Å²) in [5, 5.41) is 0. The van der Waals surface area contributed by atoms with E-state index in [0.29, 0.717) is 6.07 Å². The number of halogens is 2. The van der Waals surface area contributed by atoms with Crippen LogP contribution < -0.4 is 0 Å². The van der Waals surface area contributed by atoms with Gasteiger partial charge in [0.1, 0.15) is 11.6 Å². The second-order valence-electron chi connectivity index (χ2n) is 5.69. The standard InChI is InChI=1S/C18H17F2NO6S/c1-21(10-12-4-6-13(19)9-15(12)20)28(24,25)16-8-11(17(22)26-2)5-7-14(16)18(23)27-3/h4-9H,10H2,1-3H3. The lowest BCUT2D eigenvalue weighted by molar-refractivity contribution is 0.0583. The highest BCUT2D eigenvalue weighted by Gasteiger charge is 2.29. The van der Waals surface area contributed by atoms with E-state index >= 15 is 0 Å². The number of hydrogen-bond donors (Lipinski definition) is 0. The Kier molecular flexibility index (Phi) is 6.47. The SMILES string of the molecule is COC(=O)c1ccc(C(=O)OC)c(S(=O)(=O)N(C)Cc2ccc(F)cc2F)c1. The summed E-state index contributed by atoms with van der Waals surface area (Å²) in [5.41, 5.74) is -0.479. The van der Waals surface area contributed by atoms with Crippen molar-refractivity contribution < 1.29 is 36.3 Å². The first-order valence-corrected chi connectivity index (χ1v) is 9.26. The van der Waals surface area contributed by atoms with Crippen molar-refractivity contribution in [3.63, 3.8) is 0 Å². The van der Waals surface area contributed by atoms with Crippen molar-refractivity contribution >= 4 is 22.0 Å². The van der Waals surface area contributed by atoms with E-state index in [4.69, 9.17) is 0 Å². The molecule has 0 unspecified atom stereocenters. The second kappa shape index (κ2) is 8.44. The summed E-state index contributed by atoms with van der Waals surface area (Å²) >= 11 is 0. The molecule has 2 aromatic carbocycles. The van der Waals surface area contributed by atoms with Gasteiger partial charge in [0, 0.05) is 25.2 Å². The summed E-state index contributed by atoms with van der Waals surface area (Å²) in [6, 6.07) is 6.06. The minimum atomic E-state index is -4.35. The number of sulfonamides is 1. The third kappa shape index (κ3) is 4.34. The predicted octanol–water partition coefficient (Wildman–Crippen LogP) is 2.36. The van der Waals surface area contributed by atoms with Crippen molar-refractivity contribution in [2.24, 2.45) is 0 Å². The van der Waals surface area contributed by atoms with Gasteiger partial charge in [0.2, 0.25) is 10.0 Å². The number of rotatable bonds is 6. The van der Waals surface area contributed by atoms with Crippen LogP contribution in [0.4, 0.5) is 8.78 Å². The molecule has 0 N–H and O–H groups in total. The molecule has 0 saturated heterocycles. The molecule has 0 spiro atoms. The van der Waals surface area contributed by atoms with Gasteiger partial charge >= 0.3 is 11.9 Å². The van der Waals surface area contributed by atoms with Gasteiger partial charge in [0.25, 0.3) is 0 Å². The van der Waals surface area contributed by atoms with E-state index in [1.807, 2.05) is 0 Å². The van der Waals surface area contributed by atoms with Crippen molar-refractivity contribution in [2.75, 3.05) is 21.3 Å². The van der Waals surface area contributed by atoms with Crippen LogP contribution in [-0.4, -0.2) is 45.9 Å². The van der Waals surface area contributed by atoms with E-state index in [2.05, 4.69) is 9.47 Å². The molecule has 0 bridgehead atoms. The predicted molar refractivity (Wildman–Crippen MR) is 94.1 cm³/mol. The zero-order valence-electron chi connectivity index (χ0n) is 15.2. The van der Waals surface area contributed by atoms with E-state index in [9.17, 15) is 26.8 Å². The molecule has 0 aromatic heterocycles. The number of carbonyl (C=O) groups is 2. The van der Waals surface area contributed by atoms with E-state index in [1.54, 1.807) is 0 Å². The minimum Gasteiger partial charge on any atom is -0.465 e. The first-order chi connectivity index (χ1) is 13.1. The average molecular weight is 413 g/mol. The molecular formula is C18H17F2NO6S. The maximum atomic E-state index is 13.9. The molecule has 7 nitrogen and oxygen atoms in total. The Balaban J connectivity index is 2.52. The quantitative estimate of drug-likeness (QED) is 0.676. The Morgan fingerprint density at radius 3 is 2.21 bits per heavy atom. The normalized spacial score (nSPS) is 11.4. The van der Waals surface area contributed by atoms with Crippen molar-refractivity contribution in [1.29, 1.82) is 0 Å². The van der Waals surface area contributed by atoms with Gasteiger partial charge in [-0.25, -0.2) is 26.8 Å². The van der Waals surface area contributed by atoms with Crippen LogP contribution in [0.25, 0.3) is 0 Å². The van der Waals surface area contributed by atoms with Crippen molar-refractivity contribution in [2.45, 2.75) is 11.4 Å². The van der Waals surface area contributed by atoms with Gasteiger partial charge in [-0.1, -0.05) is 6.07 Å². The molecule has 2 rings (SSSR count). The average Bonchev–Trinajstić information content (AvgIpc) is 2.68. The van der Waals surface area contributed by atoms with E-state index in [-0.39, 0.29) is 16.7 Å². The molecular weight excluding hydrogens is 396 g/mol. The topological polar surface area (TPSA) is 90.0 Å². The lowest BCUT2D eigenvalue weighted by Crippen LogP contribution is -2.29. The molecule has 0 aliphatic heterocycles. The maximum Gasteiger partial charge on any atom is 0.339 e. The molecule has 2 aromatic rings. The fourth-order valence-corrected chi connectivity index (χ4v) is 3.75. The zero-order chi connectivity index (χ0) is 21.1. The summed E-state index contributed by atoms with van der Waals surface area (Å²) in [7, 11) is -1.000. The summed E-state index contributed by atoms with van der Waals surface area (Å²) in [6.45, 7) is -0.433. The van der Waals surface area contributed by atoms with Gasteiger partial charge in [-0.15, -0.1) is 0 Å². The molecule has 0 amide bonds. The Morgan fingerprint density at radius 2 is 1.64 bits per heavy atom. The van der Waals surface area contributed by atoms with Gasteiger partial charge in [0.05, 0.1) is 30.2 Å². The zero-order valence-corrected chi connectivity index (χ0v) is 16.0. The minimum absolute atomic E-state index is 0.0729. The first kappa shape index (κ1) is 21.5. The highest BCUT2D eigenvalue weighted by molar-refractivity contribution is 7.89. The molecule has 0 fully saturated rings. The van der Waals surface area contributed by atoms with Gasteiger partial charge in [-0.3, -0.25) is 0 Å². The summed E-state index contributed by atoms with van der Waals surface area (Å²) in [4.78, 5) is 23.2. The third-order valence-corrected chi connectivity index (χ3v) is 5.75. The molecule has 0 saturated carbocycles. The largest absolute Gasteiger partial charge is 0.465 e. The fraction of sp³-hybridized carbons (Fsp3) is 0.222. The number of carbonyl (C=O) groups excluding carboxylic acids is 2. The van der Waals surface area contributed by atoms with Crippen LogP contribution in [-0.2, 0) is 26.0 Å². The lowest BCUT2D eigenvalue weighted by Gasteiger charge is -2.19. The highest BCUT2D eigenvalue weighted by Crippen LogP contribution is 2.24. The van der Waals surface area contributed by atoms with Gasteiger partial charge < -0.3 is 9.47 Å². The summed E-state index contributed by atoms with van der Waals surface area (Å²) < 4.78 is 62.8. The van der Waals surface area contributed by atoms with Crippen LogP contribution in [0.2, 0.25) is 0 Å².